The van der Waals surface area contributed by atoms with E-state index in [9.17, 15) is 9.90 Å². The Morgan fingerprint density at radius 2 is 2.17 bits per heavy atom. The number of aliphatic hydroxyl groups is 1. The van der Waals surface area contributed by atoms with Crippen molar-refractivity contribution in [3.05, 3.63) is 35.4 Å². The second-order valence-corrected chi connectivity index (χ2v) is 4.18. The van der Waals surface area contributed by atoms with Crippen LogP contribution in [0.4, 0.5) is 0 Å². The Hall–Kier alpha value is -1.43. The van der Waals surface area contributed by atoms with Gasteiger partial charge in [-0.1, -0.05) is 24.3 Å². The van der Waals surface area contributed by atoms with Gasteiger partial charge in [0.1, 0.15) is 6.04 Å². The lowest BCUT2D eigenvalue weighted by atomic mass is 10.0. The number of hydrogen-bond donors (Lipinski definition) is 3. The number of rotatable bonds is 6. The van der Waals surface area contributed by atoms with Crippen LogP contribution in [0.2, 0.25) is 0 Å². The molecular weight excluding hydrogens is 232 g/mol. The molecule has 5 nitrogen and oxygen atoms in total. The largest absolute Gasteiger partial charge is 0.387 e. The predicted octanol–water partition coefficient (Wildman–Crippen LogP) is 0.118. The first-order chi connectivity index (χ1) is 8.56. The van der Waals surface area contributed by atoms with Gasteiger partial charge in [-0.15, -0.1) is 0 Å². The number of aryl methyl sites for hydroxylation is 1. The van der Waals surface area contributed by atoms with Gasteiger partial charge in [0, 0.05) is 13.7 Å². The Balaban J connectivity index is 2.49. The van der Waals surface area contributed by atoms with Crippen molar-refractivity contribution in [2.75, 3.05) is 20.3 Å². The summed E-state index contributed by atoms with van der Waals surface area (Å²) in [6.45, 7) is 2.21. The molecule has 0 heterocycles. The van der Waals surface area contributed by atoms with E-state index in [0.717, 1.165) is 11.1 Å². The molecule has 2 unspecified atom stereocenters. The first kappa shape index (κ1) is 14.6. The highest BCUT2D eigenvalue weighted by Crippen LogP contribution is 2.16. The van der Waals surface area contributed by atoms with Gasteiger partial charge >= 0.3 is 0 Å². The molecule has 0 bridgehead atoms. The van der Waals surface area contributed by atoms with Crippen LogP contribution in [-0.4, -0.2) is 37.3 Å². The molecule has 1 rings (SSSR count). The van der Waals surface area contributed by atoms with Gasteiger partial charge < -0.3 is 20.9 Å². The van der Waals surface area contributed by atoms with Crippen LogP contribution in [0.3, 0.4) is 0 Å². The molecule has 0 aliphatic heterocycles. The lowest BCUT2D eigenvalue weighted by Crippen LogP contribution is -2.44. The van der Waals surface area contributed by atoms with Gasteiger partial charge in [0.25, 0.3) is 0 Å². The number of nitrogens with one attached hydrogen (secondary N) is 1. The minimum absolute atomic E-state index is 0.140. The molecule has 5 heteroatoms. The highest BCUT2D eigenvalue weighted by Gasteiger charge is 2.15. The van der Waals surface area contributed by atoms with Crippen molar-refractivity contribution in [3.63, 3.8) is 0 Å². The summed E-state index contributed by atoms with van der Waals surface area (Å²) < 4.78 is 4.79. The summed E-state index contributed by atoms with van der Waals surface area (Å²) >= 11 is 0. The van der Waals surface area contributed by atoms with Crippen LogP contribution in [0.25, 0.3) is 0 Å². The van der Waals surface area contributed by atoms with E-state index in [4.69, 9.17) is 10.5 Å². The number of methoxy groups -OCH3 is 1. The summed E-state index contributed by atoms with van der Waals surface area (Å²) in [6.07, 6.45) is -0.732. The third kappa shape index (κ3) is 4.10. The standard InChI is InChI=1S/C13H20N2O3/c1-9-5-3-4-6-10(9)12(16)7-15-13(17)11(14)8-18-2/h3-6,11-12,16H,7-8,14H2,1-2H3,(H,15,17). The normalized spacial score (nSPS) is 14.0. The molecule has 100 valence electrons. The Kier molecular flexibility index (Phi) is 5.77. The first-order valence-corrected chi connectivity index (χ1v) is 5.82. The maximum Gasteiger partial charge on any atom is 0.239 e. The molecule has 0 saturated carbocycles. The third-order valence-corrected chi connectivity index (χ3v) is 2.70. The summed E-state index contributed by atoms with van der Waals surface area (Å²) in [6, 6.07) is 6.79. The molecule has 1 aromatic rings. The van der Waals surface area contributed by atoms with E-state index in [1.165, 1.54) is 7.11 Å². The molecule has 4 N–H and O–H groups in total. The average Bonchev–Trinajstić information content (AvgIpc) is 2.36. The smallest absolute Gasteiger partial charge is 0.239 e. The quantitative estimate of drug-likeness (QED) is 0.671. The van der Waals surface area contributed by atoms with E-state index in [2.05, 4.69) is 5.32 Å². The van der Waals surface area contributed by atoms with E-state index in [-0.39, 0.29) is 19.1 Å². The molecule has 2 atom stereocenters. The molecule has 0 fully saturated rings. The fraction of sp³-hybridized carbons (Fsp3) is 0.462. The molecule has 1 aromatic carbocycles. The number of amides is 1. The van der Waals surface area contributed by atoms with Crippen molar-refractivity contribution in [3.8, 4) is 0 Å². The van der Waals surface area contributed by atoms with Crippen LogP contribution >= 0.6 is 0 Å². The predicted molar refractivity (Wildman–Crippen MR) is 69.0 cm³/mol. The van der Waals surface area contributed by atoms with Gasteiger partial charge in [-0.25, -0.2) is 0 Å². The zero-order chi connectivity index (χ0) is 13.5. The maximum atomic E-state index is 11.5. The van der Waals surface area contributed by atoms with Crippen molar-refractivity contribution in [1.29, 1.82) is 0 Å². The summed E-state index contributed by atoms with van der Waals surface area (Å²) in [5, 5.41) is 12.6. The highest BCUT2D eigenvalue weighted by molar-refractivity contribution is 5.81. The number of carbonyl (C=O) groups excluding carboxylic acids is 1. The number of nitrogens with two attached hydrogens (primary N) is 1. The molecule has 0 radical (unpaired) electrons. The number of aliphatic hydroxyl groups excluding tert-OH is 1. The maximum absolute atomic E-state index is 11.5. The average molecular weight is 252 g/mol. The zero-order valence-electron chi connectivity index (χ0n) is 10.7. The fourth-order valence-corrected chi connectivity index (χ4v) is 1.65. The number of benzene rings is 1. The van der Waals surface area contributed by atoms with Gasteiger partial charge in [-0.2, -0.15) is 0 Å². The molecule has 1 amide bonds. The molecule has 18 heavy (non-hydrogen) atoms. The highest BCUT2D eigenvalue weighted by atomic mass is 16.5. The van der Waals surface area contributed by atoms with Gasteiger partial charge in [-0.3, -0.25) is 4.79 Å². The van der Waals surface area contributed by atoms with Crippen LogP contribution in [0.5, 0.6) is 0 Å². The Labute approximate surface area is 107 Å². The number of hydrogen-bond acceptors (Lipinski definition) is 4. The minimum atomic E-state index is -0.732. The Morgan fingerprint density at radius 1 is 1.50 bits per heavy atom. The molecular formula is C13H20N2O3. The SMILES string of the molecule is COCC(N)C(=O)NCC(O)c1ccccc1C. The Bertz CT molecular complexity index is 396. The number of ether oxygens (including phenoxy) is 1. The monoisotopic (exact) mass is 252 g/mol. The van der Waals surface area contributed by atoms with E-state index < -0.39 is 12.1 Å². The lowest BCUT2D eigenvalue weighted by molar-refractivity contribution is -0.123. The van der Waals surface area contributed by atoms with Gasteiger partial charge in [0.15, 0.2) is 0 Å². The summed E-state index contributed by atoms with van der Waals surface area (Å²) in [5.41, 5.74) is 7.35. The van der Waals surface area contributed by atoms with Crippen LogP contribution < -0.4 is 11.1 Å². The molecule has 0 spiro atoms. The zero-order valence-corrected chi connectivity index (χ0v) is 10.7. The van der Waals surface area contributed by atoms with Gasteiger partial charge in [0.2, 0.25) is 5.91 Å². The third-order valence-electron chi connectivity index (χ3n) is 2.70. The molecule has 0 aromatic heterocycles. The summed E-state index contributed by atoms with van der Waals surface area (Å²) in [4.78, 5) is 11.5. The molecule has 0 aliphatic carbocycles. The summed E-state index contributed by atoms with van der Waals surface area (Å²) in [5.74, 6) is -0.329. The molecule has 0 aliphatic rings. The second kappa shape index (κ2) is 7.10. The van der Waals surface area contributed by atoms with Crippen molar-refractivity contribution >= 4 is 5.91 Å². The van der Waals surface area contributed by atoms with Crippen molar-refractivity contribution in [2.45, 2.75) is 19.1 Å². The van der Waals surface area contributed by atoms with E-state index in [1.807, 2.05) is 31.2 Å². The van der Waals surface area contributed by atoms with Crippen LogP contribution in [0.15, 0.2) is 24.3 Å². The second-order valence-electron chi connectivity index (χ2n) is 4.18. The van der Waals surface area contributed by atoms with E-state index in [1.54, 1.807) is 0 Å². The first-order valence-electron chi connectivity index (χ1n) is 5.82. The van der Waals surface area contributed by atoms with Crippen molar-refractivity contribution in [1.82, 2.24) is 5.32 Å². The van der Waals surface area contributed by atoms with Crippen LogP contribution in [0.1, 0.15) is 17.2 Å². The van der Waals surface area contributed by atoms with E-state index >= 15 is 0 Å². The van der Waals surface area contributed by atoms with Gasteiger partial charge in [-0.05, 0) is 18.1 Å². The topological polar surface area (TPSA) is 84.6 Å². The fourth-order valence-electron chi connectivity index (χ4n) is 1.65. The minimum Gasteiger partial charge on any atom is -0.387 e. The Morgan fingerprint density at radius 3 is 2.78 bits per heavy atom. The molecule has 0 saturated heterocycles. The number of carbonyl (C=O) groups is 1. The van der Waals surface area contributed by atoms with Crippen molar-refractivity contribution < 1.29 is 14.6 Å². The van der Waals surface area contributed by atoms with Gasteiger partial charge in [0.05, 0.1) is 12.7 Å². The summed E-state index contributed by atoms with van der Waals surface area (Å²) in [7, 11) is 1.48. The van der Waals surface area contributed by atoms with E-state index in [0.29, 0.717) is 0 Å². The van der Waals surface area contributed by atoms with Crippen molar-refractivity contribution in [2.24, 2.45) is 5.73 Å². The van der Waals surface area contributed by atoms with Crippen LogP contribution in [0, 0.1) is 6.92 Å². The van der Waals surface area contributed by atoms with Crippen LogP contribution in [-0.2, 0) is 9.53 Å². The lowest BCUT2D eigenvalue weighted by Gasteiger charge is -2.16.